The van der Waals surface area contributed by atoms with Crippen LogP contribution in [-0.4, -0.2) is 29.9 Å². The van der Waals surface area contributed by atoms with Crippen LogP contribution in [0, 0.1) is 0 Å². The van der Waals surface area contributed by atoms with E-state index < -0.39 is 5.91 Å². The molecule has 6 heteroatoms. The van der Waals surface area contributed by atoms with E-state index in [0.717, 1.165) is 18.4 Å². The minimum Gasteiger partial charge on any atom is -0.399 e. The van der Waals surface area contributed by atoms with Crippen molar-refractivity contribution in [2.24, 2.45) is 5.73 Å². The molecule has 0 heterocycles. The van der Waals surface area contributed by atoms with Gasteiger partial charge < -0.3 is 21.7 Å². The van der Waals surface area contributed by atoms with E-state index in [9.17, 15) is 9.59 Å². The number of carbonyl (C=O) groups excluding carboxylic acids is 2. The Morgan fingerprint density at radius 3 is 2.70 bits per heavy atom. The first-order valence-electron chi connectivity index (χ1n) is 6.68. The van der Waals surface area contributed by atoms with Gasteiger partial charge in [-0.3, -0.25) is 4.79 Å². The standard InChI is InChI=1S/C14H22N4O2/c1-2-3-7-17-14(20)18(10-13(16)19)9-11-5-4-6-12(15)8-11/h4-6,8H,2-3,7,9-10,15H2,1H3,(H2,16,19)(H,17,20). The lowest BCUT2D eigenvalue weighted by atomic mass is 10.2. The average Bonchev–Trinajstić information content (AvgIpc) is 2.37. The summed E-state index contributed by atoms with van der Waals surface area (Å²) in [6, 6.07) is 6.90. The van der Waals surface area contributed by atoms with Crippen molar-refractivity contribution in [3.05, 3.63) is 29.8 Å². The van der Waals surface area contributed by atoms with E-state index >= 15 is 0 Å². The van der Waals surface area contributed by atoms with Crippen LogP contribution in [0.4, 0.5) is 10.5 Å². The van der Waals surface area contributed by atoms with Gasteiger partial charge in [0.05, 0.1) is 0 Å². The van der Waals surface area contributed by atoms with Gasteiger partial charge in [-0.2, -0.15) is 0 Å². The Morgan fingerprint density at radius 1 is 1.35 bits per heavy atom. The van der Waals surface area contributed by atoms with Gasteiger partial charge in [0.25, 0.3) is 0 Å². The molecule has 1 aromatic carbocycles. The molecule has 0 aliphatic carbocycles. The number of anilines is 1. The fourth-order valence-corrected chi connectivity index (χ4v) is 1.78. The molecular weight excluding hydrogens is 256 g/mol. The summed E-state index contributed by atoms with van der Waals surface area (Å²) in [4.78, 5) is 24.5. The number of hydrogen-bond donors (Lipinski definition) is 3. The Kier molecular flexibility index (Phi) is 6.36. The smallest absolute Gasteiger partial charge is 0.318 e. The number of hydrogen-bond acceptors (Lipinski definition) is 3. The maximum Gasteiger partial charge on any atom is 0.318 e. The van der Waals surface area contributed by atoms with Crippen LogP contribution in [0.1, 0.15) is 25.3 Å². The third kappa shape index (κ3) is 5.60. The number of nitrogens with one attached hydrogen (secondary N) is 1. The highest BCUT2D eigenvalue weighted by Gasteiger charge is 2.15. The molecule has 5 N–H and O–H groups in total. The Bertz CT molecular complexity index is 462. The maximum atomic E-state index is 12.0. The van der Waals surface area contributed by atoms with E-state index in [1.807, 2.05) is 19.1 Å². The van der Waals surface area contributed by atoms with Crippen LogP contribution >= 0.6 is 0 Å². The third-order valence-corrected chi connectivity index (χ3v) is 2.76. The van der Waals surface area contributed by atoms with Crippen LogP contribution in [0.2, 0.25) is 0 Å². The van der Waals surface area contributed by atoms with Crippen LogP contribution in [0.25, 0.3) is 0 Å². The summed E-state index contributed by atoms with van der Waals surface area (Å²) in [6.07, 6.45) is 1.89. The van der Waals surface area contributed by atoms with Crippen molar-refractivity contribution < 1.29 is 9.59 Å². The highest BCUT2D eigenvalue weighted by atomic mass is 16.2. The Morgan fingerprint density at radius 2 is 2.10 bits per heavy atom. The van der Waals surface area contributed by atoms with E-state index in [0.29, 0.717) is 18.8 Å². The molecule has 110 valence electrons. The second kappa shape index (κ2) is 8.04. The molecule has 0 saturated heterocycles. The molecular formula is C14H22N4O2. The third-order valence-electron chi connectivity index (χ3n) is 2.76. The maximum absolute atomic E-state index is 12.0. The first kappa shape index (κ1) is 15.8. The minimum absolute atomic E-state index is 0.118. The number of nitrogens with zero attached hydrogens (tertiary/aromatic N) is 1. The predicted octanol–water partition coefficient (Wildman–Crippen LogP) is 1.07. The normalized spacial score (nSPS) is 10.1. The lowest BCUT2D eigenvalue weighted by Crippen LogP contribution is -2.44. The number of benzene rings is 1. The van der Waals surface area contributed by atoms with Crippen LogP contribution < -0.4 is 16.8 Å². The van der Waals surface area contributed by atoms with Crippen molar-refractivity contribution in [2.75, 3.05) is 18.8 Å². The number of primary amides is 1. The molecule has 0 spiro atoms. The summed E-state index contributed by atoms with van der Waals surface area (Å²) in [5.74, 6) is -0.542. The summed E-state index contributed by atoms with van der Waals surface area (Å²) in [7, 11) is 0. The highest BCUT2D eigenvalue weighted by molar-refractivity contribution is 5.82. The van der Waals surface area contributed by atoms with Crippen LogP contribution in [-0.2, 0) is 11.3 Å². The Balaban J connectivity index is 2.68. The number of carbonyl (C=O) groups is 2. The molecule has 1 aromatic rings. The van der Waals surface area contributed by atoms with E-state index in [1.165, 1.54) is 4.90 Å². The van der Waals surface area contributed by atoms with Gasteiger partial charge in [0, 0.05) is 18.8 Å². The second-order valence-corrected chi connectivity index (χ2v) is 4.65. The molecule has 1 rings (SSSR count). The van der Waals surface area contributed by atoms with Gasteiger partial charge in [-0.25, -0.2) is 4.79 Å². The fourth-order valence-electron chi connectivity index (χ4n) is 1.78. The number of unbranched alkanes of at least 4 members (excludes halogenated alkanes) is 1. The zero-order chi connectivity index (χ0) is 15.0. The first-order valence-corrected chi connectivity index (χ1v) is 6.68. The summed E-state index contributed by atoms with van der Waals surface area (Å²) >= 11 is 0. The molecule has 20 heavy (non-hydrogen) atoms. The number of nitrogens with two attached hydrogens (primary N) is 2. The largest absolute Gasteiger partial charge is 0.399 e. The SMILES string of the molecule is CCCCNC(=O)N(CC(N)=O)Cc1cccc(N)c1. The Hall–Kier alpha value is -2.24. The average molecular weight is 278 g/mol. The van der Waals surface area contributed by atoms with Crippen molar-refractivity contribution in [2.45, 2.75) is 26.3 Å². The van der Waals surface area contributed by atoms with Gasteiger partial charge in [0.2, 0.25) is 5.91 Å². The van der Waals surface area contributed by atoms with E-state index in [2.05, 4.69) is 5.32 Å². The molecule has 0 saturated carbocycles. The molecule has 0 bridgehead atoms. The number of amides is 3. The van der Waals surface area contributed by atoms with E-state index in [4.69, 9.17) is 11.5 Å². The first-order chi connectivity index (χ1) is 9.52. The molecule has 0 unspecified atom stereocenters. The molecule has 0 aliphatic heterocycles. The number of urea groups is 1. The van der Waals surface area contributed by atoms with Crippen molar-refractivity contribution >= 4 is 17.6 Å². The lowest BCUT2D eigenvalue weighted by molar-refractivity contribution is -0.118. The molecule has 0 fully saturated rings. The topological polar surface area (TPSA) is 101 Å². The minimum atomic E-state index is -0.542. The van der Waals surface area contributed by atoms with Crippen molar-refractivity contribution in [3.8, 4) is 0 Å². The Labute approximate surface area is 119 Å². The molecule has 3 amide bonds. The summed E-state index contributed by atoms with van der Waals surface area (Å²) < 4.78 is 0. The van der Waals surface area contributed by atoms with Gasteiger partial charge in [0.1, 0.15) is 6.54 Å². The summed E-state index contributed by atoms with van der Waals surface area (Å²) in [5, 5.41) is 2.77. The second-order valence-electron chi connectivity index (χ2n) is 4.65. The number of nitrogen functional groups attached to an aromatic ring is 1. The molecule has 0 radical (unpaired) electrons. The van der Waals surface area contributed by atoms with Crippen LogP contribution in [0.5, 0.6) is 0 Å². The summed E-state index contributed by atoms with van der Waals surface area (Å²) in [5.41, 5.74) is 12.4. The van der Waals surface area contributed by atoms with E-state index in [-0.39, 0.29) is 12.6 Å². The zero-order valence-electron chi connectivity index (χ0n) is 11.8. The van der Waals surface area contributed by atoms with Crippen molar-refractivity contribution in [1.29, 1.82) is 0 Å². The highest BCUT2D eigenvalue weighted by Crippen LogP contribution is 2.09. The molecule has 0 aliphatic rings. The van der Waals surface area contributed by atoms with Crippen LogP contribution in [0.15, 0.2) is 24.3 Å². The van der Waals surface area contributed by atoms with Crippen molar-refractivity contribution in [1.82, 2.24) is 10.2 Å². The van der Waals surface area contributed by atoms with Gasteiger partial charge in [-0.15, -0.1) is 0 Å². The molecule has 0 aromatic heterocycles. The molecule has 0 atom stereocenters. The molecule has 6 nitrogen and oxygen atoms in total. The van der Waals surface area contributed by atoms with Crippen molar-refractivity contribution in [3.63, 3.8) is 0 Å². The predicted molar refractivity (Wildman–Crippen MR) is 78.8 cm³/mol. The zero-order valence-corrected chi connectivity index (χ0v) is 11.8. The lowest BCUT2D eigenvalue weighted by Gasteiger charge is -2.22. The van der Waals surface area contributed by atoms with Gasteiger partial charge in [-0.05, 0) is 24.1 Å². The van der Waals surface area contributed by atoms with Gasteiger partial charge in [-0.1, -0.05) is 25.5 Å². The van der Waals surface area contributed by atoms with Gasteiger partial charge in [0.15, 0.2) is 0 Å². The quantitative estimate of drug-likeness (QED) is 0.513. The van der Waals surface area contributed by atoms with Crippen LogP contribution in [0.3, 0.4) is 0 Å². The monoisotopic (exact) mass is 278 g/mol. The van der Waals surface area contributed by atoms with E-state index in [1.54, 1.807) is 12.1 Å². The number of rotatable bonds is 7. The summed E-state index contributed by atoms with van der Waals surface area (Å²) in [6.45, 7) is 2.81. The van der Waals surface area contributed by atoms with Gasteiger partial charge >= 0.3 is 6.03 Å². The fraction of sp³-hybridized carbons (Fsp3) is 0.429.